The summed E-state index contributed by atoms with van der Waals surface area (Å²) in [5, 5.41) is 6.46. The van der Waals surface area contributed by atoms with Crippen molar-refractivity contribution in [3.05, 3.63) is 35.9 Å². The Labute approximate surface area is 164 Å². The highest BCUT2D eigenvalue weighted by molar-refractivity contribution is 5.85. The lowest BCUT2D eigenvalue weighted by atomic mass is 9.84. The molecule has 2 N–H and O–H groups in total. The van der Waals surface area contributed by atoms with Crippen molar-refractivity contribution in [2.75, 3.05) is 33.2 Å². The second-order valence-electron chi connectivity index (χ2n) is 6.84. The number of nitrogens with zero attached hydrogens (tertiary/aromatic N) is 1. The van der Waals surface area contributed by atoms with E-state index in [1.807, 2.05) is 6.07 Å². The fourth-order valence-electron chi connectivity index (χ4n) is 3.30. The van der Waals surface area contributed by atoms with Gasteiger partial charge in [0.25, 0.3) is 0 Å². The first-order chi connectivity index (χ1) is 11.1. The summed E-state index contributed by atoms with van der Waals surface area (Å²) in [4.78, 5) is 14.3. The summed E-state index contributed by atoms with van der Waals surface area (Å²) in [5.74, 6) is 1.38. The highest BCUT2D eigenvalue weighted by Crippen LogP contribution is 2.23. The molecule has 1 saturated heterocycles. The lowest BCUT2D eigenvalue weighted by Gasteiger charge is -2.28. The van der Waals surface area contributed by atoms with Crippen LogP contribution in [0, 0.1) is 11.8 Å². The van der Waals surface area contributed by atoms with Gasteiger partial charge in [0.15, 0.2) is 0 Å². The molecule has 1 unspecified atom stereocenters. The van der Waals surface area contributed by atoms with E-state index in [4.69, 9.17) is 0 Å². The highest BCUT2D eigenvalue weighted by atomic mass is 35.5. The van der Waals surface area contributed by atoms with Crippen LogP contribution in [0.2, 0.25) is 0 Å². The zero-order valence-corrected chi connectivity index (χ0v) is 17.0. The predicted molar refractivity (Wildman–Crippen MR) is 110 cm³/mol. The van der Waals surface area contributed by atoms with Gasteiger partial charge in [0.1, 0.15) is 0 Å². The van der Waals surface area contributed by atoms with Crippen LogP contribution in [0.4, 0.5) is 0 Å². The molecule has 0 spiro atoms. The van der Waals surface area contributed by atoms with Gasteiger partial charge < -0.3 is 15.5 Å². The number of carbonyl (C=O) groups is 1. The largest absolute Gasteiger partial charge is 0.355 e. The number of piperidine rings is 1. The van der Waals surface area contributed by atoms with E-state index < -0.39 is 0 Å². The number of amides is 1. The lowest BCUT2D eigenvalue weighted by Crippen LogP contribution is -2.36. The molecule has 25 heavy (non-hydrogen) atoms. The van der Waals surface area contributed by atoms with Gasteiger partial charge in [-0.2, -0.15) is 0 Å². The maximum Gasteiger partial charge on any atom is 0.220 e. The first kappa shape index (κ1) is 24.2. The summed E-state index contributed by atoms with van der Waals surface area (Å²) in [6.07, 6.45) is 3.07. The molecule has 144 valence electrons. The van der Waals surface area contributed by atoms with Crippen molar-refractivity contribution in [2.45, 2.75) is 32.7 Å². The highest BCUT2D eigenvalue weighted by Gasteiger charge is 2.21. The zero-order valence-electron chi connectivity index (χ0n) is 15.4. The zero-order chi connectivity index (χ0) is 16.5. The Balaban J connectivity index is 0.00000288. The first-order valence-corrected chi connectivity index (χ1v) is 8.85. The second-order valence-corrected chi connectivity index (χ2v) is 6.84. The van der Waals surface area contributed by atoms with Crippen LogP contribution in [-0.4, -0.2) is 44.0 Å². The van der Waals surface area contributed by atoms with Crippen LogP contribution in [0.5, 0.6) is 0 Å². The average Bonchev–Trinajstić information content (AvgIpc) is 2.56. The van der Waals surface area contributed by atoms with Gasteiger partial charge in [0, 0.05) is 26.1 Å². The summed E-state index contributed by atoms with van der Waals surface area (Å²) in [7, 11) is 2.09. The Bertz CT molecular complexity index is 467. The molecule has 6 heteroatoms. The van der Waals surface area contributed by atoms with Gasteiger partial charge in [-0.3, -0.25) is 4.79 Å². The molecule has 1 heterocycles. The van der Waals surface area contributed by atoms with Crippen LogP contribution in [0.3, 0.4) is 0 Å². The van der Waals surface area contributed by atoms with Gasteiger partial charge >= 0.3 is 0 Å². The molecular weight excluding hydrogens is 357 g/mol. The summed E-state index contributed by atoms with van der Waals surface area (Å²) < 4.78 is 0. The SMILES string of the molecule is CC(CC(=O)NCCN(C)Cc1ccccc1)C1CCNCC1.Cl.Cl. The van der Waals surface area contributed by atoms with Crippen LogP contribution in [0.15, 0.2) is 30.3 Å². The molecule has 0 saturated carbocycles. The summed E-state index contributed by atoms with van der Waals surface area (Å²) >= 11 is 0. The van der Waals surface area contributed by atoms with Gasteiger partial charge in [-0.25, -0.2) is 0 Å². The number of halogens is 2. The molecule has 1 fully saturated rings. The van der Waals surface area contributed by atoms with Crippen molar-refractivity contribution in [1.82, 2.24) is 15.5 Å². The molecule has 0 bridgehead atoms. The third-order valence-corrected chi connectivity index (χ3v) is 4.81. The van der Waals surface area contributed by atoms with Crippen molar-refractivity contribution in [1.29, 1.82) is 0 Å². The number of hydrogen-bond acceptors (Lipinski definition) is 3. The number of hydrogen-bond donors (Lipinski definition) is 2. The van der Waals surface area contributed by atoms with E-state index in [0.717, 1.165) is 32.7 Å². The van der Waals surface area contributed by atoms with Crippen LogP contribution >= 0.6 is 24.8 Å². The molecule has 0 aliphatic carbocycles. The van der Waals surface area contributed by atoms with E-state index in [1.165, 1.54) is 18.4 Å². The summed E-state index contributed by atoms with van der Waals surface area (Å²) in [5.41, 5.74) is 1.31. The Morgan fingerprint density at radius 3 is 2.52 bits per heavy atom. The molecule has 2 rings (SSSR count). The minimum absolute atomic E-state index is 0. The van der Waals surface area contributed by atoms with E-state index in [0.29, 0.717) is 18.3 Å². The van der Waals surface area contributed by atoms with Crippen LogP contribution < -0.4 is 10.6 Å². The monoisotopic (exact) mass is 389 g/mol. The predicted octanol–water partition coefficient (Wildman–Crippen LogP) is 3.10. The molecular formula is C19H33Cl2N3O. The fourth-order valence-corrected chi connectivity index (χ4v) is 3.30. The molecule has 1 aromatic rings. The van der Waals surface area contributed by atoms with E-state index >= 15 is 0 Å². The van der Waals surface area contributed by atoms with Crippen molar-refractivity contribution in [2.24, 2.45) is 11.8 Å². The third kappa shape index (κ3) is 9.45. The Hall–Kier alpha value is -0.810. The van der Waals surface area contributed by atoms with Crippen LogP contribution in [0.1, 0.15) is 31.7 Å². The van der Waals surface area contributed by atoms with Crippen molar-refractivity contribution >= 4 is 30.7 Å². The number of likely N-dealkylation sites (N-methyl/N-ethyl adjacent to an activating group) is 1. The van der Waals surface area contributed by atoms with E-state index in [2.05, 4.69) is 53.8 Å². The summed E-state index contributed by atoms with van der Waals surface area (Å²) in [6.45, 7) is 6.94. The number of rotatable bonds is 8. The minimum atomic E-state index is 0. The van der Waals surface area contributed by atoms with Gasteiger partial charge in [-0.1, -0.05) is 37.3 Å². The minimum Gasteiger partial charge on any atom is -0.355 e. The number of benzene rings is 1. The van der Waals surface area contributed by atoms with E-state index in [1.54, 1.807) is 0 Å². The smallest absolute Gasteiger partial charge is 0.220 e. The topological polar surface area (TPSA) is 44.4 Å². The van der Waals surface area contributed by atoms with Gasteiger partial charge in [0.05, 0.1) is 0 Å². The lowest BCUT2D eigenvalue weighted by molar-refractivity contribution is -0.122. The Morgan fingerprint density at radius 1 is 1.24 bits per heavy atom. The van der Waals surface area contributed by atoms with Crippen molar-refractivity contribution < 1.29 is 4.79 Å². The van der Waals surface area contributed by atoms with Crippen molar-refractivity contribution in [3.8, 4) is 0 Å². The van der Waals surface area contributed by atoms with Crippen LogP contribution in [0.25, 0.3) is 0 Å². The van der Waals surface area contributed by atoms with E-state index in [9.17, 15) is 4.79 Å². The first-order valence-electron chi connectivity index (χ1n) is 8.85. The van der Waals surface area contributed by atoms with Gasteiger partial charge in [-0.15, -0.1) is 24.8 Å². The quantitative estimate of drug-likeness (QED) is 0.717. The Kier molecular flexibility index (Phi) is 13.0. The van der Waals surface area contributed by atoms with Crippen LogP contribution in [-0.2, 0) is 11.3 Å². The fraction of sp³-hybridized carbons (Fsp3) is 0.632. The summed E-state index contributed by atoms with van der Waals surface area (Å²) in [6, 6.07) is 10.4. The third-order valence-electron chi connectivity index (χ3n) is 4.81. The maximum atomic E-state index is 12.1. The number of nitrogens with one attached hydrogen (secondary N) is 2. The maximum absolute atomic E-state index is 12.1. The molecule has 1 amide bonds. The normalized spacial score (nSPS) is 15.8. The average molecular weight is 390 g/mol. The second kappa shape index (κ2) is 13.4. The standard InChI is InChI=1S/C19H31N3O.2ClH/c1-16(18-8-10-20-11-9-18)14-19(23)21-12-13-22(2)15-17-6-4-3-5-7-17;;/h3-7,16,18,20H,8-15H2,1-2H3,(H,21,23);2*1H. The molecule has 1 aliphatic rings. The molecule has 0 radical (unpaired) electrons. The molecule has 1 aromatic carbocycles. The molecule has 1 aliphatic heterocycles. The van der Waals surface area contributed by atoms with Gasteiger partial charge in [0.2, 0.25) is 5.91 Å². The molecule has 4 nitrogen and oxygen atoms in total. The molecule has 0 aromatic heterocycles. The number of carbonyl (C=O) groups excluding carboxylic acids is 1. The molecule has 1 atom stereocenters. The van der Waals surface area contributed by atoms with Gasteiger partial charge in [-0.05, 0) is 50.4 Å². The van der Waals surface area contributed by atoms with E-state index in [-0.39, 0.29) is 30.7 Å². The van der Waals surface area contributed by atoms with Crippen molar-refractivity contribution in [3.63, 3.8) is 0 Å². The Morgan fingerprint density at radius 2 is 1.88 bits per heavy atom.